The van der Waals surface area contributed by atoms with Crippen LogP contribution in [0.5, 0.6) is 11.5 Å². The van der Waals surface area contributed by atoms with Crippen molar-refractivity contribution < 1.29 is 28.6 Å². The number of esters is 1. The van der Waals surface area contributed by atoms with Gasteiger partial charge in [0.25, 0.3) is 11.8 Å². The lowest BCUT2D eigenvalue weighted by Crippen LogP contribution is -2.24. The van der Waals surface area contributed by atoms with E-state index < -0.39 is 18.5 Å². The Hall–Kier alpha value is -3.55. The van der Waals surface area contributed by atoms with Gasteiger partial charge in [-0.05, 0) is 49.7 Å². The molecule has 8 nitrogen and oxygen atoms in total. The third kappa shape index (κ3) is 6.84. The fourth-order valence-corrected chi connectivity index (χ4v) is 2.42. The van der Waals surface area contributed by atoms with Crippen molar-refractivity contribution in [1.29, 1.82) is 0 Å². The van der Waals surface area contributed by atoms with Gasteiger partial charge in [-0.15, -0.1) is 0 Å². The molecule has 0 saturated heterocycles. The molecule has 0 aromatic heterocycles. The van der Waals surface area contributed by atoms with Crippen LogP contribution in [0.2, 0.25) is 0 Å². The van der Waals surface area contributed by atoms with Crippen molar-refractivity contribution in [1.82, 2.24) is 5.32 Å². The van der Waals surface area contributed by atoms with Gasteiger partial charge in [-0.1, -0.05) is 12.1 Å². The van der Waals surface area contributed by atoms with Gasteiger partial charge in [0.1, 0.15) is 0 Å². The van der Waals surface area contributed by atoms with Gasteiger partial charge < -0.3 is 24.8 Å². The first-order chi connectivity index (χ1) is 13.9. The van der Waals surface area contributed by atoms with Gasteiger partial charge in [-0.25, -0.2) is 4.79 Å². The lowest BCUT2D eigenvalue weighted by molar-refractivity contribution is -0.149. The second kappa shape index (κ2) is 10.7. The first-order valence-corrected chi connectivity index (χ1v) is 9.04. The Morgan fingerprint density at radius 1 is 1.00 bits per heavy atom. The highest BCUT2D eigenvalue weighted by Gasteiger charge is 2.12. The van der Waals surface area contributed by atoms with Crippen molar-refractivity contribution in [3.8, 4) is 11.5 Å². The molecule has 0 aliphatic carbocycles. The molecule has 2 aromatic rings. The van der Waals surface area contributed by atoms with Crippen LogP contribution in [-0.4, -0.2) is 44.7 Å². The fourth-order valence-electron chi connectivity index (χ4n) is 2.42. The molecule has 0 saturated carbocycles. The molecular formula is C21H24N2O6. The van der Waals surface area contributed by atoms with Gasteiger partial charge in [0.2, 0.25) is 0 Å². The number of amides is 2. The lowest BCUT2D eigenvalue weighted by atomic mass is 10.2. The molecule has 0 heterocycles. The van der Waals surface area contributed by atoms with E-state index in [-0.39, 0.29) is 12.5 Å². The van der Waals surface area contributed by atoms with E-state index in [2.05, 4.69) is 10.6 Å². The molecule has 2 N–H and O–H groups in total. The largest absolute Gasteiger partial charge is 0.493 e. The van der Waals surface area contributed by atoms with Crippen LogP contribution in [0.3, 0.4) is 0 Å². The highest BCUT2D eigenvalue weighted by molar-refractivity contribution is 5.97. The quantitative estimate of drug-likeness (QED) is 0.626. The van der Waals surface area contributed by atoms with E-state index in [9.17, 15) is 14.4 Å². The van der Waals surface area contributed by atoms with Crippen LogP contribution < -0.4 is 20.1 Å². The van der Waals surface area contributed by atoms with E-state index in [4.69, 9.17) is 14.2 Å². The van der Waals surface area contributed by atoms with E-state index in [1.165, 1.54) is 13.2 Å². The standard InChI is InChI=1S/C21H24N2O6/c1-4-22-21(26)15-6-5-7-16(11-15)23-19(24)12-29-20(25)13-28-17-9-8-14(2)10-18(17)27-3/h5-11H,4,12-13H2,1-3H3,(H,22,26)(H,23,24). The summed E-state index contributed by atoms with van der Waals surface area (Å²) in [6, 6.07) is 11.8. The van der Waals surface area contributed by atoms with E-state index in [1.807, 2.05) is 19.9 Å². The third-order valence-electron chi connectivity index (χ3n) is 3.77. The molecule has 0 fully saturated rings. The second-order valence-electron chi connectivity index (χ2n) is 6.09. The molecule has 29 heavy (non-hydrogen) atoms. The molecule has 0 spiro atoms. The molecule has 0 aliphatic rings. The number of hydrogen-bond acceptors (Lipinski definition) is 6. The zero-order chi connectivity index (χ0) is 21.2. The minimum Gasteiger partial charge on any atom is -0.493 e. The summed E-state index contributed by atoms with van der Waals surface area (Å²) in [5.41, 5.74) is 1.84. The van der Waals surface area contributed by atoms with Crippen molar-refractivity contribution in [3.63, 3.8) is 0 Å². The number of nitrogens with one attached hydrogen (secondary N) is 2. The lowest BCUT2D eigenvalue weighted by Gasteiger charge is -2.11. The minimum atomic E-state index is -0.696. The zero-order valence-corrected chi connectivity index (χ0v) is 16.6. The molecule has 0 bridgehead atoms. The van der Waals surface area contributed by atoms with Crippen LogP contribution >= 0.6 is 0 Å². The van der Waals surface area contributed by atoms with Crippen LogP contribution in [0.25, 0.3) is 0 Å². The number of ether oxygens (including phenoxy) is 3. The van der Waals surface area contributed by atoms with Crippen LogP contribution in [-0.2, 0) is 14.3 Å². The monoisotopic (exact) mass is 400 g/mol. The zero-order valence-electron chi connectivity index (χ0n) is 16.6. The summed E-state index contributed by atoms with van der Waals surface area (Å²) in [6.07, 6.45) is 0. The SMILES string of the molecule is CCNC(=O)c1cccc(NC(=O)COC(=O)COc2ccc(C)cc2OC)c1. The number of carbonyl (C=O) groups is 3. The van der Waals surface area contributed by atoms with Crippen LogP contribution in [0.1, 0.15) is 22.8 Å². The van der Waals surface area contributed by atoms with E-state index in [1.54, 1.807) is 30.3 Å². The highest BCUT2D eigenvalue weighted by Crippen LogP contribution is 2.27. The Kier molecular flexibility index (Phi) is 8.02. The topological polar surface area (TPSA) is 103 Å². The molecule has 0 atom stereocenters. The Morgan fingerprint density at radius 3 is 2.52 bits per heavy atom. The number of hydrogen-bond donors (Lipinski definition) is 2. The molecule has 0 radical (unpaired) electrons. The van der Waals surface area contributed by atoms with Crippen molar-refractivity contribution in [2.75, 3.05) is 32.2 Å². The summed E-state index contributed by atoms with van der Waals surface area (Å²) in [6.45, 7) is 3.39. The van der Waals surface area contributed by atoms with Gasteiger partial charge in [-0.2, -0.15) is 0 Å². The van der Waals surface area contributed by atoms with E-state index in [0.717, 1.165) is 5.56 Å². The Morgan fingerprint density at radius 2 is 1.79 bits per heavy atom. The molecular weight excluding hydrogens is 376 g/mol. The predicted molar refractivity (Wildman–Crippen MR) is 107 cm³/mol. The van der Waals surface area contributed by atoms with Gasteiger partial charge in [0.05, 0.1) is 7.11 Å². The average Bonchev–Trinajstić information content (AvgIpc) is 2.71. The van der Waals surface area contributed by atoms with E-state index >= 15 is 0 Å². The molecule has 154 valence electrons. The Labute approximate surface area is 169 Å². The first-order valence-electron chi connectivity index (χ1n) is 9.04. The summed E-state index contributed by atoms with van der Waals surface area (Å²) >= 11 is 0. The van der Waals surface area contributed by atoms with Crippen molar-refractivity contribution in [2.45, 2.75) is 13.8 Å². The molecule has 2 rings (SSSR count). The molecule has 2 aromatic carbocycles. The maximum Gasteiger partial charge on any atom is 0.344 e. The van der Waals surface area contributed by atoms with Crippen LogP contribution in [0, 0.1) is 6.92 Å². The Balaban J connectivity index is 1.81. The number of benzene rings is 2. The summed E-state index contributed by atoms with van der Waals surface area (Å²) in [7, 11) is 1.51. The number of carbonyl (C=O) groups excluding carboxylic acids is 3. The van der Waals surface area contributed by atoms with Crippen LogP contribution in [0.4, 0.5) is 5.69 Å². The number of aryl methyl sites for hydroxylation is 1. The smallest absolute Gasteiger partial charge is 0.344 e. The summed E-state index contributed by atoms with van der Waals surface area (Å²) < 4.78 is 15.5. The van der Waals surface area contributed by atoms with Gasteiger partial charge in [0, 0.05) is 17.8 Å². The molecule has 8 heteroatoms. The van der Waals surface area contributed by atoms with Crippen molar-refractivity contribution in [2.24, 2.45) is 0 Å². The van der Waals surface area contributed by atoms with Crippen molar-refractivity contribution >= 4 is 23.5 Å². The Bertz CT molecular complexity index is 881. The predicted octanol–water partition coefficient (Wildman–Crippen LogP) is 2.31. The summed E-state index contributed by atoms with van der Waals surface area (Å²) in [4.78, 5) is 35.7. The molecule has 2 amide bonds. The van der Waals surface area contributed by atoms with Gasteiger partial charge in [0.15, 0.2) is 24.7 Å². The fraction of sp³-hybridized carbons (Fsp3) is 0.286. The highest BCUT2D eigenvalue weighted by atomic mass is 16.6. The maximum absolute atomic E-state index is 12.0. The maximum atomic E-state index is 12.0. The summed E-state index contributed by atoms with van der Waals surface area (Å²) in [5.74, 6) is -0.555. The van der Waals surface area contributed by atoms with E-state index in [0.29, 0.717) is 29.3 Å². The van der Waals surface area contributed by atoms with Gasteiger partial charge in [-0.3, -0.25) is 9.59 Å². The third-order valence-corrected chi connectivity index (χ3v) is 3.77. The van der Waals surface area contributed by atoms with Crippen LogP contribution in [0.15, 0.2) is 42.5 Å². The summed E-state index contributed by atoms with van der Waals surface area (Å²) in [5, 5.41) is 5.25. The van der Waals surface area contributed by atoms with Gasteiger partial charge >= 0.3 is 5.97 Å². The second-order valence-corrected chi connectivity index (χ2v) is 6.09. The number of anilines is 1. The number of rotatable bonds is 9. The number of methoxy groups -OCH3 is 1. The normalized spacial score (nSPS) is 10.0. The average molecular weight is 400 g/mol. The first kappa shape index (κ1) is 21.7. The van der Waals surface area contributed by atoms with Crippen molar-refractivity contribution in [3.05, 3.63) is 53.6 Å². The molecule has 0 unspecified atom stereocenters. The minimum absolute atomic E-state index is 0.237. The molecule has 0 aliphatic heterocycles.